The van der Waals surface area contributed by atoms with Gasteiger partial charge in [-0.05, 0) is 12.1 Å². The predicted molar refractivity (Wildman–Crippen MR) is 55.9 cm³/mol. The molecule has 1 aromatic rings. The average Bonchev–Trinajstić information content (AvgIpc) is 2.35. The molecular formula is C9H12N4O3. The Kier molecular flexibility index (Phi) is 4.19. The molecule has 0 radical (unpaired) electrons. The topological polar surface area (TPSA) is 93.2 Å². The van der Waals surface area contributed by atoms with Crippen LogP contribution in [-0.2, 0) is 9.53 Å². The van der Waals surface area contributed by atoms with Crippen molar-refractivity contribution < 1.29 is 14.3 Å². The molecule has 0 saturated carbocycles. The highest BCUT2D eigenvalue weighted by molar-refractivity contribution is 5.87. The zero-order valence-electron chi connectivity index (χ0n) is 8.98. The number of ether oxygens (including phenoxy) is 1. The monoisotopic (exact) mass is 224 g/mol. The van der Waals surface area contributed by atoms with E-state index in [0.29, 0.717) is 5.82 Å². The van der Waals surface area contributed by atoms with Gasteiger partial charge in [-0.15, -0.1) is 10.2 Å². The molecule has 7 nitrogen and oxygen atoms in total. The fourth-order valence-electron chi connectivity index (χ4n) is 0.899. The Morgan fingerprint density at radius 3 is 2.62 bits per heavy atom. The summed E-state index contributed by atoms with van der Waals surface area (Å²) < 4.78 is 4.47. The minimum atomic E-state index is -0.551. The number of nitrogens with one attached hydrogen (secondary N) is 2. The molecule has 0 fully saturated rings. The lowest BCUT2D eigenvalue weighted by atomic mass is 10.4. The number of carbonyl (C=O) groups excluding carboxylic acids is 2. The van der Waals surface area contributed by atoms with Crippen LogP contribution in [0.15, 0.2) is 12.1 Å². The second kappa shape index (κ2) is 5.64. The van der Waals surface area contributed by atoms with Gasteiger partial charge in [0.05, 0.1) is 13.7 Å². The Labute approximate surface area is 92.2 Å². The summed E-state index contributed by atoms with van der Waals surface area (Å²) >= 11 is 0. The van der Waals surface area contributed by atoms with Crippen LogP contribution in [0, 0.1) is 0 Å². The molecule has 0 aliphatic carbocycles. The molecule has 0 saturated heterocycles. The Balaban J connectivity index is 2.58. The zero-order valence-corrected chi connectivity index (χ0v) is 8.98. The van der Waals surface area contributed by atoms with Crippen molar-refractivity contribution in [1.29, 1.82) is 0 Å². The number of aromatic nitrogens is 2. The van der Waals surface area contributed by atoms with Crippen LogP contribution in [0.3, 0.4) is 0 Å². The number of anilines is 1. The molecule has 1 aromatic heterocycles. The summed E-state index contributed by atoms with van der Waals surface area (Å²) in [7, 11) is 2.80. The summed E-state index contributed by atoms with van der Waals surface area (Å²) in [6.45, 7) is 0.1000. The van der Waals surface area contributed by atoms with Crippen molar-refractivity contribution in [2.45, 2.75) is 0 Å². The van der Waals surface area contributed by atoms with E-state index in [1.807, 2.05) is 0 Å². The van der Waals surface area contributed by atoms with Crippen molar-refractivity contribution >= 4 is 17.7 Å². The number of nitrogens with zero attached hydrogens (tertiary/aromatic N) is 2. The molecule has 0 aromatic carbocycles. The van der Waals surface area contributed by atoms with Gasteiger partial charge < -0.3 is 15.4 Å². The van der Waals surface area contributed by atoms with E-state index in [1.54, 1.807) is 6.07 Å². The first-order valence-electron chi connectivity index (χ1n) is 4.54. The van der Waals surface area contributed by atoms with Crippen LogP contribution in [0.25, 0.3) is 0 Å². The molecule has 0 aliphatic rings. The van der Waals surface area contributed by atoms with Crippen LogP contribution in [0.2, 0.25) is 0 Å². The molecule has 16 heavy (non-hydrogen) atoms. The van der Waals surface area contributed by atoms with E-state index < -0.39 is 5.97 Å². The minimum absolute atomic E-state index is 0.1000. The molecule has 0 spiro atoms. The molecule has 0 aliphatic heterocycles. The predicted octanol–water partition coefficient (Wildman–Crippen LogP) is -0.579. The molecule has 7 heteroatoms. The maximum Gasteiger partial charge on any atom is 0.358 e. The maximum absolute atomic E-state index is 11.0. The highest BCUT2D eigenvalue weighted by atomic mass is 16.5. The number of likely N-dealkylation sites (N-methyl/N-ethyl adjacent to an activating group) is 1. The number of hydrogen-bond donors (Lipinski definition) is 2. The van der Waals surface area contributed by atoms with E-state index in [0.717, 1.165) is 0 Å². The van der Waals surface area contributed by atoms with Crippen molar-refractivity contribution in [2.75, 3.05) is 26.0 Å². The van der Waals surface area contributed by atoms with Crippen LogP contribution in [0.5, 0.6) is 0 Å². The van der Waals surface area contributed by atoms with Crippen molar-refractivity contribution in [1.82, 2.24) is 15.5 Å². The van der Waals surface area contributed by atoms with Crippen LogP contribution >= 0.6 is 0 Å². The molecule has 0 bridgehead atoms. The Bertz CT molecular complexity index is 377. The zero-order chi connectivity index (χ0) is 12.0. The van der Waals surface area contributed by atoms with E-state index in [4.69, 9.17) is 0 Å². The van der Waals surface area contributed by atoms with Gasteiger partial charge in [-0.1, -0.05) is 0 Å². The summed E-state index contributed by atoms with van der Waals surface area (Å²) in [5, 5.41) is 12.5. The average molecular weight is 224 g/mol. The standard InChI is InChI=1S/C9H12N4O3/c1-10-8(14)5-11-7-4-3-6(12-13-7)9(15)16-2/h3-4H,5H2,1-2H3,(H,10,14)(H,11,13). The number of carbonyl (C=O) groups is 2. The molecule has 1 rings (SSSR count). The second-order valence-corrected chi connectivity index (χ2v) is 2.82. The second-order valence-electron chi connectivity index (χ2n) is 2.82. The lowest BCUT2D eigenvalue weighted by Gasteiger charge is -2.03. The lowest BCUT2D eigenvalue weighted by molar-refractivity contribution is -0.118. The quantitative estimate of drug-likeness (QED) is 0.665. The van der Waals surface area contributed by atoms with Gasteiger partial charge in [0, 0.05) is 7.05 Å². The first-order chi connectivity index (χ1) is 7.67. The summed E-state index contributed by atoms with van der Waals surface area (Å²) in [5.41, 5.74) is 0.119. The largest absolute Gasteiger partial charge is 0.464 e. The number of amides is 1. The lowest BCUT2D eigenvalue weighted by Crippen LogP contribution is -2.26. The fraction of sp³-hybridized carbons (Fsp3) is 0.333. The molecule has 0 atom stereocenters. The van der Waals surface area contributed by atoms with Crippen LogP contribution in [0.1, 0.15) is 10.5 Å². The first-order valence-corrected chi connectivity index (χ1v) is 4.54. The summed E-state index contributed by atoms with van der Waals surface area (Å²) in [6.07, 6.45) is 0. The highest BCUT2D eigenvalue weighted by Crippen LogP contribution is 2.02. The van der Waals surface area contributed by atoms with Crippen molar-refractivity contribution in [3.63, 3.8) is 0 Å². The van der Waals surface area contributed by atoms with Gasteiger partial charge in [0.15, 0.2) is 5.69 Å². The van der Waals surface area contributed by atoms with Gasteiger partial charge in [0.2, 0.25) is 5.91 Å². The molecular weight excluding hydrogens is 212 g/mol. The van der Waals surface area contributed by atoms with Gasteiger partial charge in [-0.3, -0.25) is 4.79 Å². The van der Waals surface area contributed by atoms with E-state index in [1.165, 1.54) is 20.2 Å². The van der Waals surface area contributed by atoms with Crippen LogP contribution in [-0.4, -0.2) is 42.8 Å². The molecule has 2 N–H and O–H groups in total. The Morgan fingerprint density at radius 1 is 1.38 bits per heavy atom. The first kappa shape index (κ1) is 11.9. The Hall–Kier alpha value is -2.18. The van der Waals surface area contributed by atoms with Gasteiger partial charge >= 0.3 is 5.97 Å². The molecule has 0 unspecified atom stereocenters. The Morgan fingerprint density at radius 2 is 2.12 bits per heavy atom. The third kappa shape index (κ3) is 3.19. The maximum atomic E-state index is 11.0. The van der Waals surface area contributed by atoms with E-state index >= 15 is 0 Å². The highest BCUT2D eigenvalue weighted by Gasteiger charge is 2.07. The van der Waals surface area contributed by atoms with Crippen molar-refractivity contribution in [3.05, 3.63) is 17.8 Å². The summed E-state index contributed by atoms with van der Waals surface area (Å²) in [6, 6.07) is 3.01. The molecule has 1 heterocycles. The van der Waals surface area contributed by atoms with Gasteiger partial charge in [-0.25, -0.2) is 4.79 Å². The smallest absolute Gasteiger partial charge is 0.358 e. The van der Waals surface area contributed by atoms with E-state index in [2.05, 4.69) is 25.6 Å². The van der Waals surface area contributed by atoms with Crippen molar-refractivity contribution in [2.24, 2.45) is 0 Å². The third-order valence-electron chi connectivity index (χ3n) is 1.77. The summed E-state index contributed by atoms with van der Waals surface area (Å²) in [5.74, 6) is -0.305. The van der Waals surface area contributed by atoms with Crippen LogP contribution in [0.4, 0.5) is 5.82 Å². The minimum Gasteiger partial charge on any atom is -0.464 e. The molecule has 86 valence electrons. The van der Waals surface area contributed by atoms with Gasteiger partial charge in [-0.2, -0.15) is 0 Å². The van der Waals surface area contributed by atoms with Crippen LogP contribution < -0.4 is 10.6 Å². The van der Waals surface area contributed by atoms with E-state index in [9.17, 15) is 9.59 Å². The number of methoxy groups -OCH3 is 1. The fourth-order valence-corrected chi connectivity index (χ4v) is 0.899. The van der Waals surface area contributed by atoms with Gasteiger partial charge in [0.1, 0.15) is 5.82 Å². The van der Waals surface area contributed by atoms with E-state index in [-0.39, 0.29) is 18.1 Å². The van der Waals surface area contributed by atoms with Crippen molar-refractivity contribution in [3.8, 4) is 0 Å². The summed E-state index contributed by atoms with van der Waals surface area (Å²) in [4.78, 5) is 21.9. The number of rotatable bonds is 4. The molecule has 1 amide bonds. The normalized spacial score (nSPS) is 9.38. The number of hydrogen-bond acceptors (Lipinski definition) is 6. The van der Waals surface area contributed by atoms with Gasteiger partial charge in [0.25, 0.3) is 0 Å². The third-order valence-corrected chi connectivity index (χ3v) is 1.77. The SMILES string of the molecule is CNC(=O)CNc1ccc(C(=O)OC)nn1. The number of esters is 1.